The van der Waals surface area contributed by atoms with Crippen molar-refractivity contribution >= 4 is 11.6 Å². The third-order valence-corrected chi connectivity index (χ3v) is 6.78. The van der Waals surface area contributed by atoms with Crippen LogP contribution < -0.4 is 14.8 Å². The summed E-state index contributed by atoms with van der Waals surface area (Å²) in [5.41, 5.74) is 4.45. The molecule has 6 nitrogen and oxygen atoms in total. The number of carbonyl (C=O) groups excluding carboxylic acids is 1. The van der Waals surface area contributed by atoms with Gasteiger partial charge in [-0.1, -0.05) is 40.7 Å². The fourth-order valence-electron chi connectivity index (χ4n) is 5.30. The fourth-order valence-corrected chi connectivity index (χ4v) is 5.30. The third-order valence-electron chi connectivity index (χ3n) is 6.78. The highest BCUT2D eigenvalue weighted by Gasteiger charge is 2.45. The standard InChI is InChI=1S/C28H39N3O3/c1-26(2,3)24-23-21(16-11-12-19(33-9)20(13-16)34-10)22-17(14-28(7,8)15-18(22)32)29-25(23)31(30-24)27(4,5)6/h11-13,21,29H,14-15H2,1-10H3. The number of carbonyl (C=O) groups is 1. The van der Waals surface area contributed by atoms with E-state index in [0.717, 1.165) is 40.3 Å². The van der Waals surface area contributed by atoms with Crippen LogP contribution in [0.1, 0.15) is 91.0 Å². The van der Waals surface area contributed by atoms with Gasteiger partial charge < -0.3 is 14.8 Å². The van der Waals surface area contributed by atoms with Gasteiger partial charge in [-0.15, -0.1) is 0 Å². The maximum Gasteiger partial charge on any atom is 0.162 e. The average molecular weight is 466 g/mol. The second kappa shape index (κ2) is 7.89. The molecule has 1 atom stereocenters. The molecular formula is C28H39N3O3. The molecule has 6 heteroatoms. The second-order valence-electron chi connectivity index (χ2n) is 12.4. The van der Waals surface area contributed by atoms with Crippen LogP contribution in [-0.4, -0.2) is 29.8 Å². The third kappa shape index (κ3) is 4.01. The van der Waals surface area contributed by atoms with Crippen LogP contribution in [0, 0.1) is 5.41 Å². The van der Waals surface area contributed by atoms with E-state index in [0.29, 0.717) is 17.9 Å². The number of Topliss-reactive ketones (excluding diaryl/α,β-unsaturated/α-hetero) is 1. The van der Waals surface area contributed by atoms with Crippen molar-refractivity contribution in [3.8, 4) is 11.5 Å². The Morgan fingerprint density at radius 1 is 1.03 bits per heavy atom. The van der Waals surface area contributed by atoms with Crippen LogP contribution in [0.15, 0.2) is 29.5 Å². The first-order valence-electron chi connectivity index (χ1n) is 12.1. The number of anilines is 1. The molecule has 0 bridgehead atoms. The number of fused-ring (bicyclic) bond motifs is 1. The molecule has 4 rings (SSSR count). The Morgan fingerprint density at radius 3 is 2.24 bits per heavy atom. The predicted molar refractivity (Wildman–Crippen MR) is 136 cm³/mol. The minimum atomic E-state index is -0.227. The van der Waals surface area contributed by atoms with Crippen molar-refractivity contribution in [3.63, 3.8) is 0 Å². The zero-order chi connectivity index (χ0) is 25.2. The van der Waals surface area contributed by atoms with Gasteiger partial charge in [0.25, 0.3) is 0 Å². The molecule has 2 heterocycles. The summed E-state index contributed by atoms with van der Waals surface area (Å²) < 4.78 is 13.2. The van der Waals surface area contributed by atoms with E-state index in [1.807, 2.05) is 12.1 Å². The van der Waals surface area contributed by atoms with Crippen LogP contribution in [0.2, 0.25) is 0 Å². The topological polar surface area (TPSA) is 65.4 Å². The van der Waals surface area contributed by atoms with Crippen LogP contribution in [0.25, 0.3) is 0 Å². The highest BCUT2D eigenvalue weighted by atomic mass is 16.5. The lowest BCUT2D eigenvalue weighted by atomic mass is 9.68. The second-order valence-corrected chi connectivity index (χ2v) is 12.4. The van der Waals surface area contributed by atoms with E-state index < -0.39 is 0 Å². The summed E-state index contributed by atoms with van der Waals surface area (Å²) in [6.45, 7) is 17.4. The number of ketones is 1. The van der Waals surface area contributed by atoms with Gasteiger partial charge in [0.1, 0.15) is 5.82 Å². The summed E-state index contributed by atoms with van der Waals surface area (Å²) >= 11 is 0. The van der Waals surface area contributed by atoms with Crippen LogP contribution in [0.3, 0.4) is 0 Å². The van der Waals surface area contributed by atoms with E-state index in [1.165, 1.54) is 0 Å². The molecule has 0 amide bonds. The van der Waals surface area contributed by atoms with Gasteiger partial charge in [0.15, 0.2) is 17.3 Å². The Balaban J connectivity index is 2.07. The quantitative estimate of drug-likeness (QED) is 0.589. The van der Waals surface area contributed by atoms with Gasteiger partial charge in [-0.2, -0.15) is 5.10 Å². The number of aromatic nitrogens is 2. The first-order chi connectivity index (χ1) is 15.7. The molecule has 1 aromatic carbocycles. The Bertz CT molecular complexity index is 1170. The van der Waals surface area contributed by atoms with E-state index in [9.17, 15) is 4.79 Å². The van der Waals surface area contributed by atoms with Crippen LogP contribution in [-0.2, 0) is 15.7 Å². The first-order valence-corrected chi connectivity index (χ1v) is 12.1. The fraction of sp³-hybridized carbons (Fsp3) is 0.571. The molecule has 1 unspecified atom stereocenters. The van der Waals surface area contributed by atoms with E-state index >= 15 is 0 Å². The number of methoxy groups -OCH3 is 2. The van der Waals surface area contributed by atoms with Crippen LogP contribution >= 0.6 is 0 Å². The minimum Gasteiger partial charge on any atom is -0.493 e. The van der Waals surface area contributed by atoms with Gasteiger partial charge >= 0.3 is 0 Å². The molecule has 1 N–H and O–H groups in total. The van der Waals surface area contributed by atoms with Crippen molar-refractivity contribution in [3.05, 3.63) is 46.3 Å². The van der Waals surface area contributed by atoms with Gasteiger partial charge in [0.2, 0.25) is 0 Å². The molecule has 1 aliphatic carbocycles. The Labute approximate surface area is 203 Å². The van der Waals surface area contributed by atoms with Gasteiger partial charge in [0, 0.05) is 34.6 Å². The average Bonchev–Trinajstić information content (AvgIpc) is 3.10. The van der Waals surface area contributed by atoms with Gasteiger partial charge in [0.05, 0.1) is 25.5 Å². The van der Waals surface area contributed by atoms with Crippen molar-refractivity contribution in [1.29, 1.82) is 0 Å². The van der Waals surface area contributed by atoms with Gasteiger partial charge in [-0.05, 0) is 50.3 Å². The van der Waals surface area contributed by atoms with Crippen LogP contribution in [0.5, 0.6) is 11.5 Å². The maximum absolute atomic E-state index is 13.7. The van der Waals surface area contributed by atoms with E-state index in [1.54, 1.807) is 14.2 Å². The summed E-state index contributed by atoms with van der Waals surface area (Å²) in [5.74, 6) is 2.30. The molecule has 0 fully saturated rings. The molecule has 0 saturated heterocycles. The normalized spacial score (nSPS) is 19.9. The molecule has 2 aromatic rings. The molecule has 0 spiro atoms. The molecule has 2 aliphatic rings. The SMILES string of the molecule is COc1ccc(C2C3=C(CC(C)(C)CC3=O)Nc3c2c(C(C)(C)C)nn3C(C)(C)C)cc1OC. The number of nitrogens with one attached hydrogen (secondary N) is 1. The first kappa shape index (κ1) is 24.4. The highest BCUT2D eigenvalue weighted by Crippen LogP contribution is 2.52. The number of rotatable bonds is 3. The molecule has 1 aromatic heterocycles. The number of hydrogen-bond donors (Lipinski definition) is 1. The molecule has 184 valence electrons. The maximum atomic E-state index is 13.7. The Hall–Kier alpha value is -2.76. The number of benzene rings is 1. The molecule has 34 heavy (non-hydrogen) atoms. The lowest BCUT2D eigenvalue weighted by Crippen LogP contribution is -2.35. The van der Waals surface area contributed by atoms with Gasteiger partial charge in [-0.3, -0.25) is 4.79 Å². The van der Waals surface area contributed by atoms with Crippen molar-refractivity contribution in [2.45, 2.75) is 85.1 Å². The number of allylic oxidation sites excluding steroid dienone is 2. The Kier molecular flexibility index (Phi) is 5.66. The predicted octanol–water partition coefficient (Wildman–Crippen LogP) is 6.15. The lowest BCUT2D eigenvalue weighted by molar-refractivity contribution is -0.118. The van der Waals surface area contributed by atoms with E-state index in [-0.39, 0.29) is 28.1 Å². The van der Waals surface area contributed by atoms with Crippen molar-refractivity contribution in [2.24, 2.45) is 5.41 Å². The van der Waals surface area contributed by atoms with Crippen molar-refractivity contribution in [2.75, 3.05) is 19.5 Å². The molecule has 1 aliphatic heterocycles. The number of nitrogens with zero attached hydrogens (tertiary/aromatic N) is 2. The van der Waals surface area contributed by atoms with Crippen molar-refractivity contribution < 1.29 is 14.3 Å². The van der Waals surface area contributed by atoms with E-state index in [4.69, 9.17) is 14.6 Å². The summed E-state index contributed by atoms with van der Waals surface area (Å²) in [6, 6.07) is 6.00. The summed E-state index contributed by atoms with van der Waals surface area (Å²) in [4.78, 5) is 13.7. The zero-order valence-corrected chi connectivity index (χ0v) is 22.3. The Morgan fingerprint density at radius 2 is 1.68 bits per heavy atom. The number of ether oxygens (including phenoxy) is 2. The smallest absolute Gasteiger partial charge is 0.162 e. The minimum absolute atomic E-state index is 0.0952. The molecule has 0 saturated carbocycles. The molecule has 0 radical (unpaired) electrons. The number of hydrogen-bond acceptors (Lipinski definition) is 5. The summed E-state index contributed by atoms with van der Waals surface area (Å²) in [6.07, 6.45) is 1.35. The molecular weight excluding hydrogens is 426 g/mol. The summed E-state index contributed by atoms with van der Waals surface area (Å²) in [7, 11) is 3.28. The monoisotopic (exact) mass is 465 g/mol. The summed E-state index contributed by atoms with van der Waals surface area (Å²) in [5, 5.41) is 8.87. The highest BCUT2D eigenvalue weighted by molar-refractivity contribution is 6.01. The largest absolute Gasteiger partial charge is 0.493 e. The van der Waals surface area contributed by atoms with Crippen molar-refractivity contribution in [1.82, 2.24) is 9.78 Å². The van der Waals surface area contributed by atoms with Crippen LogP contribution in [0.4, 0.5) is 5.82 Å². The van der Waals surface area contributed by atoms with E-state index in [2.05, 4.69) is 71.5 Å². The zero-order valence-electron chi connectivity index (χ0n) is 22.3. The lowest BCUT2D eigenvalue weighted by Gasteiger charge is -2.40. The van der Waals surface area contributed by atoms with Gasteiger partial charge in [-0.25, -0.2) is 4.68 Å².